The van der Waals surface area contributed by atoms with Gasteiger partial charge >= 0.3 is 5.97 Å². The van der Waals surface area contributed by atoms with Crippen molar-refractivity contribution in [2.45, 2.75) is 26.3 Å². The summed E-state index contributed by atoms with van der Waals surface area (Å²) in [5.41, 5.74) is 3.06. The molecule has 1 atom stereocenters. The summed E-state index contributed by atoms with van der Waals surface area (Å²) in [6, 6.07) is 8.00. The second-order valence-electron chi connectivity index (χ2n) is 5.23. The molecule has 2 heterocycles. The van der Waals surface area contributed by atoms with E-state index in [1.54, 1.807) is 0 Å². The van der Waals surface area contributed by atoms with E-state index in [0.29, 0.717) is 24.5 Å². The Morgan fingerprint density at radius 3 is 3.00 bits per heavy atom. The van der Waals surface area contributed by atoms with Gasteiger partial charge in [-0.25, -0.2) is 4.98 Å². The molecular weight excluding hydrogens is 276 g/mol. The molecule has 3 rings (SSSR count). The average molecular weight is 291 g/mol. The Hall–Kier alpha value is -1.81. The molecule has 0 bridgehead atoms. The number of imidazole rings is 1. The molecule has 0 aliphatic carbocycles. The van der Waals surface area contributed by atoms with Gasteiger partial charge < -0.3 is 9.67 Å². The molecule has 4 nitrogen and oxygen atoms in total. The van der Waals surface area contributed by atoms with E-state index in [-0.39, 0.29) is 5.92 Å². The highest BCUT2D eigenvalue weighted by Crippen LogP contribution is 2.32. The Balaban J connectivity index is 2.08. The average Bonchev–Trinajstić information content (AvgIpc) is 2.76. The predicted molar refractivity (Wildman–Crippen MR) is 76.9 cm³/mol. The van der Waals surface area contributed by atoms with Crippen LogP contribution in [0.1, 0.15) is 17.7 Å². The van der Waals surface area contributed by atoms with E-state index in [0.717, 1.165) is 22.6 Å². The summed E-state index contributed by atoms with van der Waals surface area (Å²) in [5, 5.41) is 9.70. The molecule has 2 aromatic rings. The first-order chi connectivity index (χ1) is 9.56. The van der Waals surface area contributed by atoms with Crippen molar-refractivity contribution in [3.63, 3.8) is 0 Å². The fourth-order valence-corrected chi connectivity index (χ4v) is 3.00. The maximum Gasteiger partial charge on any atom is 0.308 e. The monoisotopic (exact) mass is 290 g/mol. The summed E-state index contributed by atoms with van der Waals surface area (Å²) in [6.07, 6.45) is 1.28. The van der Waals surface area contributed by atoms with Crippen LogP contribution >= 0.6 is 11.6 Å². The largest absolute Gasteiger partial charge is 0.481 e. The molecule has 1 aromatic carbocycles. The van der Waals surface area contributed by atoms with Crippen LogP contribution in [0.4, 0.5) is 0 Å². The van der Waals surface area contributed by atoms with E-state index in [9.17, 15) is 9.90 Å². The summed E-state index contributed by atoms with van der Waals surface area (Å²) < 4.78 is 1.96. The van der Waals surface area contributed by atoms with Gasteiger partial charge in [-0.2, -0.15) is 0 Å². The van der Waals surface area contributed by atoms with Gasteiger partial charge in [-0.05, 0) is 25.8 Å². The van der Waals surface area contributed by atoms with Crippen molar-refractivity contribution in [2.24, 2.45) is 5.92 Å². The maximum absolute atomic E-state index is 11.2. The van der Waals surface area contributed by atoms with Crippen LogP contribution in [0.2, 0.25) is 5.15 Å². The first-order valence-corrected chi connectivity index (χ1v) is 6.99. The number of nitrogens with zero attached hydrogens (tertiary/aromatic N) is 2. The lowest BCUT2D eigenvalue weighted by Gasteiger charge is -2.22. The number of fused-ring (bicyclic) bond motifs is 1. The van der Waals surface area contributed by atoms with Gasteiger partial charge in [0.2, 0.25) is 0 Å². The maximum atomic E-state index is 11.2. The highest BCUT2D eigenvalue weighted by molar-refractivity contribution is 6.30. The van der Waals surface area contributed by atoms with E-state index in [4.69, 9.17) is 11.6 Å². The normalized spacial score (nSPS) is 17.8. The lowest BCUT2D eigenvalue weighted by molar-refractivity contribution is -0.142. The number of carbonyl (C=O) groups is 1. The topological polar surface area (TPSA) is 55.1 Å². The number of carboxylic acid groups (broad SMARTS) is 1. The standard InChI is InChI=1S/C15H15ClN2O2/c1-9-3-2-4-10(7-9)14-17-13(16)12-6-5-11(15(19)20)8-18(12)14/h2-4,7,11H,5-6,8H2,1H3,(H,19,20). The van der Waals surface area contributed by atoms with Gasteiger partial charge in [0.15, 0.2) is 5.15 Å². The number of aryl methyl sites for hydroxylation is 1. The zero-order valence-electron chi connectivity index (χ0n) is 11.1. The molecule has 1 aliphatic rings. The van der Waals surface area contributed by atoms with Crippen LogP contribution < -0.4 is 0 Å². The summed E-state index contributed by atoms with van der Waals surface area (Å²) >= 11 is 6.20. The van der Waals surface area contributed by atoms with Crippen molar-refractivity contribution in [3.8, 4) is 11.4 Å². The Morgan fingerprint density at radius 1 is 1.50 bits per heavy atom. The van der Waals surface area contributed by atoms with Crippen molar-refractivity contribution < 1.29 is 9.90 Å². The first-order valence-electron chi connectivity index (χ1n) is 6.61. The molecule has 20 heavy (non-hydrogen) atoms. The SMILES string of the molecule is Cc1cccc(-c2nc(Cl)c3n2CC(C(=O)O)CC3)c1. The van der Waals surface area contributed by atoms with Crippen molar-refractivity contribution >= 4 is 17.6 Å². The molecule has 1 N–H and O–H groups in total. The molecule has 0 spiro atoms. The fraction of sp³-hybridized carbons (Fsp3) is 0.333. The summed E-state index contributed by atoms with van der Waals surface area (Å²) in [5.74, 6) is -0.355. The van der Waals surface area contributed by atoms with Crippen molar-refractivity contribution in [3.05, 3.63) is 40.7 Å². The fourth-order valence-electron chi connectivity index (χ4n) is 2.72. The highest BCUT2D eigenvalue weighted by Gasteiger charge is 2.28. The zero-order chi connectivity index (χ0) is 14.3. The van der Waals surface area contributed by atoms with Crippen LogP contribution in [0.15, 0.2) is 24.3 Å². The predicted octanol–water partition coefficient (Wildman–Crippen LogP) is 3.16. The minimum Gasteiger partial charge on any atom is -0.481 e. The molecule has 0 saturated heterocycles. The molecule has 0 radical (unpaired) electrons. The van der Waals surface area contributed by atoms with Crippen molar-refractivity contribution in [2.75, 3.05) is 0 Å². The van der Waals surface area contributed by atoms with Crippen molar-refractivity contribution in [1.82, 2.24) is 9.55 Å². The third-order valence-corrected chi connectivity index (χ3v) is 4.08. The Morgan fingerprint density at radius 2 is 2.30 bits per heavy atom. The van der Waals surface area contributed by atoms with E-state index >= 15 is 0 Å². The van der Waals surface area contributed by atoms with Crippen molar-refractivity contribution in [1.29, 1.82) is 0 Å². The molecule has 1 aromatic heterocycles. The zero-order valence-corrected chi connectivity index (χ0v) is 11.9. The molecule has 104 valence electrons. The van der Waals surface area contributed by atoms with Crippen LogP contribution in [0, 0.1) is 12.8 Å². The van der Waals surface area contributed by atoms with Crippen LogP contribution in [0.5, 0.6) is 0 Å². The molecule has 0 saturated carbocycles. The number of benzene rings is 1. The van der Waals surface area contributed by atoms with Gasteiger partial charge in [0.1, 0.15) is 5.82 Å². The van der Waals surface area contributed by atoms with Gasteiger partial charge in [-0.1, -0.05) is 35.4 Å². The van der Waals surface area contributed by atoms with E-state index in [2.05, 4.69) is 4.98 Å². The number of hydrogen-bond acceptors (Lipinski definition) is 2. The number of carboxylic acids is 1. The number of aliphatic carboxylic acids is 1. The molecule has 0 fully saturated rings. The number of rotatable bonds is 2. The minimum absolute atomic E-state index is 0.365. The lowest BCUT2D eigenvalue weighted by atomic mass is 9.98. The van der Waals surface area contributed by atoms with Gasteiger partial charge in [0.05, 0.1) is 11.6 Å². The molecule has 1 aliphatic heterocycles. The van der Waals surface area contributed by atoms with Crippen LogP contribution in [0.3, 0.4) is 0 Å². The summed E-state index contributed by atoms with van der Waals surface area (Å²) in [7, 11) is 0. The van der Waals surface area contributed by atoms with E-state index in [1.807, 2.05) is 35.8 Å². The molecule has 5 heteroatoms. The van der Waals surface area contributed by atoms with Gasteiger partial charge in [-0.15, -0.1) is 0 Å². The quantitative estimate of drug-likeness (QED) is 0.924. The number of halogens is 1. The van der Waals surface area contributed by atoms with E-state index < -0.39 is 5.97 Å². The second kappa shape index (κ2) is 4.94. The summed E-state index contributed by atoms with van der Waals surface area (Å²) in [4.78, 5) is 15.6. The Labute approximate surface area is 122 Å². The van der Waals surface area contributed by atoms with Crippen LogP contribution in [-0.4, -0.2) is 20.6 Å². The van der Waals surface area contributed by atoms with Crippen LogP contribution in [0.25, 0.3) is 11.4 Å². The number of hydrogen-bond donors (Lipinski definition) is 1. The van der Waals surface area contributed by atoms with E-state index in [1.165, 1.54) is 0 Å². The van der Waals surface area contributed by atoms with Gasteiger partial charge in [0, 0.05) is 12.1 Å². The lowest BCUT2D eigenvalue weighted by Crippen LogP contribution is -2.26. The van der Waals surface area contributed by atoms with Gasteiger partial charge in [-0.3, -0.25) is 4.79 Å². The second-order valence-corrected chi connectivity index (χ2v) is 5.58. The Kier molecular flexibility index (Phi) is 3.26. The number of aromatic nitrogens is 2. The highest BCUT2D eigenvalue weighted by atomic mass is 35.5. The molecule has 1 unspecified atom stereocenters. The molecule has 0 amide bonds. The summed E-state index contributed by atoms with van der Waals surface area (Å²) in [6.45, 7) is 2.46. The van der Waals surface area contributed by atoms with Gasteiger partial charge in [0.25, 0.3) is 0 Å². The molecular formula is C15H15ClN2O2. The smallest absolute Gasteiger partial charge is 0.308 e. The van der Waals surface area contributed by atoms with Crippen LogP contribution in [-0.2, 0) is 17.8 Å². The first kappa shape index (κ1) is 13.2. The Bertz CT molecular complexity index is 679. The minimum atomic E-state index is -0.754. The third kappa shape index (κ3) is 2.20. The third-order valence-electron chi connectivity index (χ3n) is 3.78.